The van der Waals surface area contributed by atoms with Crippen LogP contribution in [0.4, 0.5) is 4.79 Å². The average molecular weight is 250 g/mol. The van der Waals surface area contributed by atoms with Gasteiger partial charge in [0.25, 0.3) is 0 Å². The van der Waals surface area contributed by atoms with Gasteiger partial charge in [-0.15, -0.1) is 0 Å². The van der Waals surface area contributed by atoms with E-state index in [4.69, 9.17) is 4.74 Å². The molecule has 1 aromatic rings. The number of ether oxygens (including phenoxy) is 1. The molecule has 0 aliphatic heterocycles. The smallest absolute Gasteiger partial charge is 0.408 e. The molecule has 0 aliphatic rings. The summed E-state index contributed by atoms with van der Waals surface area (Å²) in [6.07, 6.45) is 3.65. The van der Waals surface area contributed by atoms with Crippen LogP contribution >= 0.6 is 0 Å². The van der Waals surface area contributed by atoms with Gasteiger partial charge in [-0.25, -0.2) is 4.79 Å². The Hall–Kier alpha value is -1.91. The highest BCUT2D eigenvalue weighted by molar-refractivity contribution is 5.69. The van der Waals surface area contributed by atoms with Crippen molar-refractivity contribution < 1.29 is 14.3 Å². The largest absolute Gasteiger partial charge is 0.444 e. The molecule has 0 spiro atoms. The predicted octanol–water partition coefficient (Wildman–Crippen LogP) is 2.24. The van der Waals surface area contributed by atoms with E-state index in [1.807, 2.05) is 0 Å². The molecule has 0 saturated heterocycles. The molecule has 5 heteroatoms. The maximum absolute atomic E-state index is 11.6. The van der Waals surface area contributed by atoms with Gasteiger partial charge in [-0.3, -0.25) is 4.98 Å². The van der Waals surface area contributed by atoms with E-state index in [1.54, 1.807) is 45.3 Å². The first-order valence-corrected chi connectivity index (χ1v) is 5.75. The zero-order valence-corrected chi connectivity index (χ0v) is 10.8. The summed E-state index contributed by atoms with van der Waals surface area (Å²) in [4.78, 5) is 26.3. The summed E-state index contributed by atoms with van der Waals surface area (Å²) in [7, 11) is 0. The number of hydrogen-bond acceptors (Lipinski definition) is 4. The molecule has 98 valence electrons. The molecule has 0 unspecified atom stereocenters. The number of carbonyl (C=O) groups is 2. The molecule has 0 aromatic carbocycles. The fourth-order valence-electron chi connectivity index (χ4n) is 1.41. The third kappa shape index (κ3) is 4.95. The van der Waals surface area contributed by atoms with Crippen molar-refractivity contribution in [1.29, 1.82) is 0 Å². The average Bonchev–Trinajstić information content (AvgIpc) is 2.27. The maximum Gasteiger partial charge on any atom is 0.408 e. The van der Waals surface area contributed by atoms with E-state index in [9.17, 15) is 9.59 Å². The third-order valence-electron chi connectivity index (χ3n) is 2.11. The van der Waals surface area contributed by atoms with E-state index in [0.29, 0.717) is 0 Å². The number of hydrogen-bond donors (Lipinski definition) is 1. The minimum Gasteiger partial charge on any atom is -0.444 e. The van der Waals surface area contributed by atoms with Gasteiger partial charge in [-0.2, -0.15) is 0 Å². The maximum atomic E-state index is 11.6. The molecular weight excluding hydrogens is 232 g/mol. The van der Waals surface area contributed by atoms with Gasteiger partial charge >= 0.3 is 6.09 Å². The summed E-state index contributed by atoms with van der Waals surface area (Å²) in [5, 5.41) is 2.66. The van der Waals surface area contributed by atoms with Gasteiger partial charge in [-0.05, 0) is 32.4 Å². The lowest BCUT2D eigenvalue weighted by Gasteiger charge is -2.22. The van der Waals surface area contributed by atoms with Crippen LogP contribution in [0.5, 0.6) is 0 Å². The summed E-state index contributed by atoms with van der Waals surface area (Å²) in [6, 6.07) is 3.15. The summed E-state index contributed by atoms with van der Waals surface area (Å²) < 4.78 is 5.15. The van der Waals surface area contributed by atoms with Gasteiger partial charge in [0.1, 0.15) is 11.9 Å². The Kier molecular flexibility index (Phi) is 4.83. The second-order valence-electron chi connectivity index (χ2n) is 4.89. The quantitative estimate of drug-likeness (QED) is 0.832. The van der Waals surface area contributed by atoms with Crippen LogP contribution in [0.3, 0.4) is 0 Å². The number of nitrogens with one attached hydrogen (secondary N) is 1. The van der Waals surface area contributed by atoms with Crippen molar-refractivity contribution in [2.45, 2.75) is 38.8 Å². The zero-order chi connectivity index (χ0) is 13.6. The molecule has 1 N–H and O–H groups in total. The topological polar surface area (TPSA) is 68.3 Å². The van der Waals surface area contributed by atoms with E-state index in [0.717, 1.165) is 11.8 Å². The summed E-state index contributed by atoms with van der Waals surface area (Å²) in [5.41, 5.74) is 0.209. The Balaban J connectivity index is 2.70. The van der Waals surface area contributed by atoms with Crippen LogP contribution in [0.25, 0.3) is 0 Å². The molecule has 1 heterocycles. The second kappa shape index (κ2) is 6.14. The second-order valence-corrected chi connectivity index (χ2v) is 4.89. The number of carbonyl (C=O) groups excluding carboxylic acids is 2. The normalized spacial score (nSPS) is 12.6. The van der Waals surface area contributed by atoms with Crippen LogP contribution in [0.15, 0.2) is 24.5 Å². The van der Waals surface area contributed by atoms with Crippen molar-refractivity contribution in [2.75, 3.05) is 0 Å². The molecule has 0 saturated carbocycles. The predicted molar refractivity (Wildman–Crippen MR) is 67.0 cm³/mol. The first-order valence-electron chi connectivity index (χ1n) is 5.75. The summed E-state index contributed by atoms with van der Waals surface area (Å²) >= 11 is 0. The molecule has 0 bridgehead atoms. The van der Waals surface area contributed by atoms with Crippen LogP contribution in [-0.4, -0.2) is 23.0 Å². The number of aromatic nitrogens is 1. The molecule has 0 aliphatic carbocycles. The molecule has 5 nitrogen and oxygen atoms in total. The lowest BCUT2D eigenvalue weighted by molar-refractivity contribution is -0.108. The lowest BCUT2D eigenvalue weighted by atomic mass is 10.1. The van der Waals surface area contributed by atoms with Gasteiger partial charge in [0, 0.05) is 18.8 Å². The molecule has 1 aromatic heterocycles. The minimum absolute atomic E-state index is 0.185. The van der Waals surface area contributed by atoms with Crippen molar-refractivity contribution >= 4 is 12.4 Å². The number of amides is 1. The first kappa shape index (κ1) is 14.2. The summed E-state index contributed by atoms with van der Waals surface area (Å²) in [6.45, 7) is 5.35. The highest BCUT2D eigenvalue weighted by atomic mass is 16.6. The van der Waals surface area contributed by atoms with Gasteiger partial charge in [-0.1, -0.05) is 6.07 Å². The van der Waals surface area contributed by atoms with Crippen molar-refractivity contribution in [2.24, 2.45) is 0 Å². The lowest BCUT2D eigenvalue weighted by Crippen LogP contribution is -2.35. The monoisotopic (exact) mass is 250 g/mol. The Morgan fingerprint density at radius 2 is 2.28 bits per heavy atom. The van der Waals surface area contributed by atoms with Crippen LogP contribution in [0.2, 0.25) is 0 Å². The van der Waals surface area contributed by atoms with Crippen LogP contribution in [-0.2, 0) is 9.53 Å². The Bertz CT molecular complexity index is 398. The molecule has 0 radical (unpaired) electrons. The highest BCUT2D eigenvalue weighted by Gasteiger charge is 2.20. The van der Waals surface area contributed by atoms with Crippen LogP contribution < -0.4 is 5.32 Å². The van der Waals surface area contributed by atoms with Gasteiger partial charge in [0.15, 0.2) is 0 Å². The Morgan fingerprint density at radius 1 is 1.56 bits per heavy atom. The molecule has 1 amide bonds. The molecule has 18 heavy (non-hydrogen) atoms. The molecular formula is C13H18N2O3. The number of nitrogens with zero attached hydrogens (tertiary/aromatic N) is 1. The third-order valence-corrected chi connectivity index (χ3v) is 2.11. The number of aldehydes is 1. The van der Waals surface area contributed by atoms with E-state index in [1.165, 1.54) is 0 Å². The molecule has 0 fully saturated rings. The fourth-order valence-corrected chi connectivity index (χ4v) is 1.41. The Morgan fingerprint density at radius 3 is 2.78 bits per heavy atom. The Labute approximate surface area is 107 Å². The van der Waals surface area contributed by atoms with Gasteiger partial charge in [0.05, 0.1) is 6.04 Å². The van der Waals surface area contributed by atoms with Crippen molar-refractivity contribution in [1.82, 2.24) is 10.3 Å². The number of pyridine rings is 1. The van der Waals surface area contributed by atoms with Gasteiger partial charge in [0.2, 0.25) is 0 Å². The van der Waals surface area contributed by atoms with Crippen molar-refractivity contribution in [3.8, 4) is 0 Å². The SMILES string of the molecule is CC(C)(C)OC(=O)N[C@H](CC=O)c1cccnc1. The van der Waals surface area contributed by atoms with Crippen LogP contribution in [0.1, 0.15) is 38.8 Å². The molecule has 1 atom stereocenters. The number of rotatable bonds is 4. The van der Waals surface area contributed by atoms with E-state index in [-0.39, 0.29) is 6.42 Å². The molecule has 1 rings (SSSR count). The minimum atomic E-state index is -0.565. The highest BCUT2D eigenvalue weighted by Crippen LogP contribution is 2.15. The summed E-state index contributed by atoms with van der Waals surface area (Å²) in [5.74, 6) is 0. The van der Waals surface area contributed by atoms with E-state index >= 15 is 0 Å². The van der Waals surface area contributed by atoms with Crippen LogP contribution in [0, 0.1) is 0 Å². The van der Waals surface area contributed by atoms with Crippen molar-refractivity contribution in [3.05, 3.63) is 30.1 Å². The fraction of sp³-hybridized carbons (Fsp3) is 0.462. The van der Waals surface area contributed by atoms with E-state index < -0.39 is 17.7 Å². The standard InChI is InChI=1S/C13H18N2O3/c1-13(2,3)18-12(17)15-11(6-8-16)10-5-4-7-14-9-10/h4-5,7-9,11H,6H2,1-3H3,(H,15,17)/t11-/m1/s1. The number of alkyl carbamates (subject to hydrolysis) is 1. The first-order chi connectivity index (χ1) is 8.42. The van der Waals surface area contributed by atoms with Gasteiger partial charge < -0.3 is 14.8 Å². The van der Waals surface area contributed by atoms with E-state index in [2.05, 4.69) is 10.3 Å². The zero-order valence-electron chi connectivity index (χ0n) is 10.8. The van der Waals surface area contributed by atoms with Crippen molar-refractivity contribution in [3.63, 3.8) is 0 Å².